The zero-order valence-corrected chi connectivity index (χ0v) is 16.5. The van der Waals surface area contributed by atoms with Crippen molar-refractivity contribution in [2.45, 2.75) is 26.5 Å². The van der Waals surface area contributed by atoms with Crippen LogP contribution in [0.1, 0.15) is 35.3 Å². The average Bonchev–Trinajstić information content (AvgIpc) is 3.06. The Hall–Kier alpha value is -3.87. The van der Waals surface area contributed by atoms with Crippen molar-refractivity contribution < 1.29 is 13.9 Å². The highest BCUT2D eigenvalue weighted by Gasteiger charge is 2.24. The average molecular weight is 409 g/mol. The zero-order chi connectivity index (χ0) is 21.4. The van der Waals surface area contributed by atoms with E-state index in [-0.39, 0.29) is 30.0 Å². The number of nitrogens with two attached hydrogens (primary N) is 1. The third-order valence-corrected chi connectivity index (χ3v) is 4.99. The van der Waals surface area contributed by atoms with Crippen LogP contribution in [0, 0.1) is 17.1 Å². The normalized spacial score (nSPS) is 16.7. The maximum atomic E-state index is 14.3. The third-order valence-electron chi connectivity index (χ3n) is 4.99. The molecule has 3 aromatic rings. The molecule has 2 aromatic heterocycles. The lowest BCUT2D eigenvalue weighted by atomic mass is 10.1. The summed E-state index contributed by atoms with van der Waals surface area (Å²) in [7, 11) is 0. The minimum atomic E-state index is -0.615. The SMILES string of the molecule is CCN1Cc2c(ccc(F)c2C#N)OC(C)CNC(=O)c2c(N)nn3ccc1nc23. The Morgan fingerprint density at radius 2 is 2.23 bits per heavy atom. The number of nitrogens with zero attached hydrogens (tertiary/aromatic N) is 5. The molecule has 1 amide bonds. The van der Waals surface area contributed by atoms with Gasteiger partial charge in [0.05, 0.1) is 12.1 Å². The maximum Gasteiger partial charge on any atom is 0.259 e. The molecule has 0 saturated carbocycles. The predicted octanol–water partition coefficient (Wildman–Crippen LogP) is 1.86. The molecule has 9 nitrogen and oxygen atoms in total. The lowest BCUT2D eigenvalue weighted by Crippen LogP contribution is -2.34. The van der Waals surface area contributed by atoms with E-state index in [2.05, 4.69) is 15.4 Å². The number of aromatic nitrogens is 3. The van der Waals surface area contributed by atoms with Gasteiger partial charge in [0.2, 0.25) is 0 Å². The summed E-state index contributed by atoms with van der Waals surface area (Å²) in [6, 6.07) is 6.37. The van der Waals surface area contributed by atoms with E-state index in [1.807, 2.05) is 17.9 Å². The number of nitrogens with one attached hydrogen (secondary N) is 1. The van der Waals surface area contributed by atoms with Crippen molar-refractivity contribution >= 4 is 23.2 Å². The van der Waals surface area contributed by atoms with E-state index < -0.39 is 17.8 Å². The van der Waals surface area contributed by atoms with Gasteiger partial charge in [0.1, 0.15) is 35.1 Å². The number of rotatable bonds is 1. The third kappa shape index (κ3) is 3.24. The van der Waals surface area contributed by atoms with Gasteiger partial charge in [-0.25, -0.2) is 13.9 Å². The Morgan fingerprint density at radius 1 is 1.43 bits per heavy atom. The zero-order valence-electron chi connectivity index (χ0n) is 16.5. The highest BCUT2D eigenvalue weighted by Crippen LogP contribution is 2.29. The number of benzene rings is 1. The molecule has 30 heavy (non-hydrogen) atoms. The Labute approximate surface area is 171 Å². The van der Waals surface area contributed by atoms with Gasteiger partial charge in [-0.3, -0.25) is 4.79 Å². The van der Waals surface area contributed by atoms with E-state index in [1.165, 1.54) is 16.6 Å². The largest absolute Gasteiger partial charge is 0.488 e. The fourth-order valence-electron chi connectivity index (χ4n) is 3.45. The molecule has 1 unspecified atom stereocenters. The van der Waals surface area contributed by atoms with Crippen molar-refractivity contribution in [3.05, 3.63) is 46.9 Å². The summed E-state index contributed by atoms with van der Waals surface area (Å²) in [5.41, 5.74) is 6.81. The summed E-state index contributed by atoms with van der Waals surface area (Å²) in [6.07, 6.45) is 1.22. The summed E-state index contributed by atoms with van der Waals surface area (Å²) in [5, 5.41) is 16.5. The maximum absolute atomic E-state index is 14.3. The van der Waals surface area contributed by atoms with Gasteiger partial charge in [-0.05, 0) is 32.0 Å². The minimum Gasteiger partial charge on any atom is -0.488 e. The number of nitriles is 1. The molecule has 2 bridgehead atoms. The molecule has 1 aromatic carbocycles. The highest BCUT2D eigenvalue weighted by atomic mass is 19.1. The van der Waals surface area contributed by atoms with E-state index in [9.17, 15) is 14.4 Å². The first-order chi connectivity index (χ1) is 14.4. The molecule has 154 valence electrons. The summed E-state index contributed by atoms with van der Waals surface area (Å²) < 4.78 is 21.7. The lowest BCUT2D eigenvalue weighted by molar-refractivity contribution is 0.0934. The second kappa shape index (κ2) is 7.51. The summed E-state index contributed by atoms with van der Waals surface area (Å²) in [6.45, 7) is 4.57. The summed E-state index contributed by atoms with van der Waals surface area (Å²) in [4.78, 5) is 19.2. The molecule has 4 rings (SSSR count). The van der Waals surface area contributed by atoms with E-state index in [1.54, 1.807) is 19.2 Å². The lowest BCUT2D eigenvalue weighted by Gasteiger charge is -2.25. The van der Waals surface area contributed by atoms with Crippen LogP contribution in [0.3, 0.4) is 0 Å². The van der Waals surface area contributed by atoms with Gasteiger partial charge in [0, 0.05) is 24.8 Å². The van der Waals surface area contributed by atoms with E-state index >= 15 is 0 Å². The molecule has 0 spiro atoms. The monoisotopic (exact) mass is 409 g/mol. The molecule has 3 N–H and O–H groups in total. The first kappa shape index (κ1) is 19.4. The smallest absolute Gasteiger partial charge is 0.259 e. The molecule has 10 heteroatoms. The van der Waals surface area contributed by atoms with Crippen molar-refractivity contribution in [2.75, 3.05) is 23.7 Å². The molecule has 3 heterocycles. The van der Waals surface area contributed by atoms with Gasteiger partial charge in [-0.2, -0.15) is 5.26 Å². The minimum absolute atomic E-state index is 0.0702. The number of carbonyl (C=O) groups is 1. The van der Waals surface area contributed by atoms with Crippen molar-refractivity contribution in [3.63, 3.8) is 0 Å². The van der Waals surface area contributed by atoms with Crippen molar-refractivity contribution in [2.24, 2.45) is 0 Å². The molecular formula is C20H20FN7O2. The quantitative estimate of drug-likeness (QED) is 0.629. The highest BCUT2D eigenvalue weighted by molar-refractivity contribution is 6.04. The number of anilines is 2. The first-order valence-electron chi connectivity index (χ1n) is 9.49. The van der Waals surface area contributed by atoms with Gasteiger partial charge in [0.25, 0.3) is 5.91 Å². The predicted molar refractivity (Wildman–Crippen MR) is 108 cm³/mol. The number of hydrogen-bond acceptors (Lipinski definition) is 7. The molecule has 0 fully saturated rings. The number of ether oxygens (including phenoxy) is 1. The van der Waals surface area contributed by atoms with Crippen LogP contribution in [0.15, 0.2) is 24.4 Å². The van der Waals surface area contributed by atoms with Gasteiger partial charge in [0.15, 0.2) is 11.5 Å². The van der Waals surface area contributed by atoms with Crippen molar-refractivity contribution in [1.29, 1.82) is 5.26 Å². The number of hydrogen-bond donors (Lipinski definition) is 2. The van der Waals surface area contributed by atoms with E-state index in [0.717, 1.165) is 0 Å². The Balaban J connectivity index is 1.92. The number of amides is 1. The second-order valence-electron chi connectivity index (χ2n) is 6.98. The number of halogens is 1. The van der Waals surface area contributed by atoms with Crippen LogP contribution in [0.2, 0.25) is 0 Å². The fraction of sp³-hybridized carbons (Fsp3) is 0.300. The Bertz CT molecular complexity index is 1180. The summed E-state index contributed by atoms with van der Waals surface area (Å²) in [5.74, 6) is -0.0422. The molecule has 1 aliphatic rings. The van der Waals surface area contributed by atoms with Crippen LogP contribution >= 0.6 is 0 Å². The molecule has 0 aliphatic carbocycles. The number of nitrogen functional groups attached to an aromatic ring is 1. The number of fused-ring (bicyclic) bond motifs is 2. The van der Waals surface area contributed by atoms with Gasteiger partial charge >= 0.3 is 0 Å². The standard InChI is InChI=1S/C20H20FN7O2/c1-3-27-10-13-12(8-22)14(21)4-5-15(13)30-11(2)9-24-20(29)17-18(23)26-28-7-6-16(27)25-19(17)28/h4-7,11H,3,9-10H2,1-2H3,(H2,23,26)(H,24,29). The van der Waals surface area contributed by atoms with E-state index in [0.29, 0.717) is 29.3 Å². The van der Waals surface area contributed by atoms with Gasteiger partial charge in [-0.15, -0.1) is 5.10 Å². The van der Waals surface area contributed by atoms with Crippen molar-refractivity contribution in [1.82, 2.24) is 19.9 Å². The first-order valence-corrected chi connectivity index (χ1v) is 9.49. The Morgan fingerprint density at radius 3 is 2.97 bits per heavy atom. The van der Waals surface area contributed by atoms with Crippen LogP contribution < -0.4 is 20.7 Å². The summed E-state index contributed by atoms with van der Waals surface area (Å²) >= 11 is 0. The van der Waals surface area contributed by atoms with Gasteiger partial charge in [-0.1, -0.05) is 0 Å². The van der Waals surface area contributed by atoms with Crippen LogP contribution in [0.25, 0.3) is 5.65 Å². The molecular weight excluding hydrogens is 389 g/mol. The van der Waals surface area contributed by atoms with E-state index in [4.69, 9.17) is 10.5 Å². The second-order valence-corrected chi connectivity index (χ2v) is 6.98. The fourth-order valence-corrected chi connectivity index (χ4v) is 3.45. The van der Waals surface area contributed by atoms with Crippen LogP contribution in [0.5, 0.6) is 5.75 Å². The molecule has 1 atom stereocenters. The molecule has 0 radical (unpaired) electrons. The Kier molecular flexibility index (Phi) is 4.87. The van der Waals surface area contributed by atoms with Crippen LogP contribution in [-0.4, -0.2) is 39.7 Å². The molecule has 0 saturated heterocycles. The topological polar surface area (TPSA) is 122 Å². The van der Waals surface area contributed by atoms with Crippen LogP contribution in [0.4, 0.5) is 16.0 Å². The van der Waals surface area contributed by atoms with Crippen molar-refractivity contribution in [3.8, 4) is 11.8 Å². The number of carbonyl (C=O) groups excluding carboxylic acids is 1. The van der Waals surface area contributed by atoms with Gasteiger partial charge < -0.3 is 20.7 Å². The molecule has 1 aliphatic heterocycles. The van der Waals surface area contributed by atoms with Crippen LogP contribution in [-0.2, 0) is 6.54 Å².